The Hall–Kier alpha value is -2.70. The predicted molar refractivity (Wildman–Crippen MR) is 116 cm³/mol. The third-order valence-electron chi connectivity index (χ3n) is 5.63. The van der Waals surface area contributed by atoms with Gasteiger partial charge in [-0.25, -0.2) is 4.98 Å². The van der Waals surface area contributed by atoms with Crippen molar-refractivity contribution in [3.63, 3.8) is 0 Å². The molecular formula is C23H23N3O2S. The maximum absolute atomic E-state index is 13.0. The van der Waals surface area contributed by atoms with E-state index < -0.39 is 0 Å². The van der Waals surface area contributed by atoms with Crippen molar-refractivity contribution in [2.24, 2.45) is 0 Å². The summed E-state index contributed by atoms with van der Waals surface area (Å²) < 4.78 is 6.12. The molecule has 1 fully saturated rings. The second kappa shape index (κ2) is 7.61. The van der Waals surface area contributed by atoms with Gasteiger partial charge in [0.15, 0.2) is 0 Å². The lowest BCUT2D eigenvalue weighted by molar-refractivity contribution is -0.0174. The van der Waals surface area contributed by atoms with Gasteiger partial charge in [-0.05, 0) is 59.5 Å². The van der Waals surface area contributed by atoms with Gasteiger partial charge in [-0.15, -0.1) is 0 Å². The number of nitrogens with zero attached hydrogens (tertiary/aromatic N) is 3. The maximum atomic E-state index is 13.0. The Morgan fingerprint density at radius 1 is 1.17 bits per heavy atom. The van der Waals surface area contributed by atoms with Gasteiger partial charge in [-0.2, -0.15) is 11.3 Å². The van der Waals surface area contributed by atoms with E-state index in [9.17, 15) is 4.79 Å². The van der Waals surface area contributed by atoms with Crippen LogP contribution in [-0.2, 0) is 11.2 Å². The number of pyridine rings is 1. The van der Waals surface area contributed by atoms with E-state index in [4.69, 9.17) is 4.74 Å². The van der Waals surface area contributed by atoms with Crippen LogP contribution in [-0.4, -0.2) is 36.6 Å². The fraction of sp³-hybridized carbons (Fsp3) is 0.304. The number of anilines is 2. The molecule has 0 bridgehead atoms. The second-order valence-corrected chi connectivity index (χ2v) is 8.42. The van der Waals surface area contributed by atoms with Crippen LogP contribution in [0.3, 0.4) is 0 Å². The zero-order valence-electron chi connectivity index (χ0n) is 16.3. The number of thiophene rings is 1. The van der Waals surface area contributed by atoms with E-state index in [1.807, 2.05) is 35.2 Å². The topological polar surface area (TPSA) is 45.7 Å². The number of rotatable bonds is 3. The van der Waals surface area contributed by atoms with Gasteiger partial charge in [0.25, 0.3) is 5.91 Å². The summed E-state index contributed by atoms with van der Waals surface area (Å²) in [5.74, 6) is 0.902. The largest absolute Gasteiger partial charge is 0.367 e. The van der Waals surface area contributed by atoms with Crippen molar-refractivity contribution < 1.29 is 9.53 Å². The standard InChI is InChI=1S/C23H23N3O2S/c1-16-13-25(14-21(28-16)19-9-11-29-15-19)22-7-6-18(12-24-22)23(27)26-10-8-17-4-2-3-5-20(17)26/h2-7,9,11-12,15-16,21H,8,10,13-14H2,1H3. The van der Waals surface area contributed by atoms with Gasteiger partial charge in [0, 0.05) is 31.5 Å². The number of benzene rings is 1. The highest BCUT2D eigenvalue weighted by atomic mass is 32.1. The monoisotopic (exact) mass is 405 g/mol. The van der Waals surface area contributed by atoms with Crippen molar-refractivity contribution >= 4 is 28.7 Å². The van der Waals surface area contributed by atoms with Crippen LogP contribution in [0.4, 0.5) is 11.5 Å². The number of aromatic nitrogens is 1. The normalized spacial score (nSPS) is 21.3. The molecule has 5 rings (SSSR count). The Bertz CT molecular complexity index is 1000. The Balaban J connectivity index is 1.33. The quantitative estimate of drug-likeness (QED) is 0.651. The van der Waals surface area contributed by atoms with Crippen LogP contribution in [0.15, 0.2) is 59.4 Å². The van der Waals surface area contributed by atoms with Crippen LogP contribution in [0.5, 0.6) is 0 Å². The summed E-state index contributed by atoms with van der Waals surface area (Å²) in [7, 11) is 0. The van der Waals surface area contributed by atoms with Crippen LogP contribution in [0.2, 0.25) is 0 Å². The van der Waals surface area contributed by atoms with Crippen LogP contribution >= 0.6 is 11.3 Å². The number of carbonyl (C=O) groups is 1. The highest BCUT2D eigenvalue weighted by Gasteiger charge is 2.28. The molecule has 148 valence electrons. The number of hydrogen-bond donors (Lipinski definition) is 0. The second-order valence-electron chi connectivity index (χ2n) is 7.64. The molecule has 5 nitrogen and oxygen atoms in total. The van der Waals surface area contributed by atoms with Gasteiger partial charge >= 0.3 is 0 Å². The lowest BCUT2D eigenvalue weighted by Gasteiger charge is -2.37. The molecule has 1 amide bonds. The van der Waals surface area contributed by atoms with Crippen molar-refractivity contribution in [3.8, 4) is 0 Å². The minimum Gasteiger partial charge on any atom is -0.367 e. The van der Waals surface area contributed by atoms with Crippen molar-refractivity contribution in [1.82, 2.24) is 4.98 Å². The molecule has 2 aromatic heterocycles. The first kappa shape index (κ1) is 18.3. The molecule has 6 heteroatoms. The van der Waals surface area contributed by atoms with Crippen molar-refractivity contribution in [2.75, 3.05) is 29.4 Å². The van der Waals surface area contributed by atoms with E-state index in [0.717, 1.165) is 37.6 Å². The van der Waals surface area contributed by atoms with Crippen molar-refractivity contribution in [2.45, 2.75) is 25.6 Å². The minimum atomic E-state index is 0.0143. The average Bonchev–Trinajstić information content (AvgIpc) is 3.43. The van der Waals surface area contributed by atoms with E-state index in [0.29, 0.717) is 5.56 Å². The third kappa shape index (κ3) is 3.54. The van der Waals surface area contributed by atoms with Gasteiger partial charge in [-0.3, -0.25) is 4.79 Å². The van der Waals surface area contributed by atoms with Gasteiger partial charge in [0.1, 0.15) is 11.9 Å². The summed E-state index contributed by atoms with van der Waals surface area (Å²) in [4.78, 5) is 21.7. The highest BCUT2D eigenvalue weighted by Crippen LogP contribution is 2.31. The maximum Gasteiger partial charge on any atom is 0.259 e. The smallest absolute Gasteiger partial charge is 0.259 e. The SMILES string of the molecule is CC1CN(c2ccc(C(=O)N3CCc4ccccc43)cn2)CC(c2ccsc2)O1. The molecule has 0 radical (unpaired) electrons. The Morgan fingerprint density at radius 3 is 2.86 bits per heavy atom. The van der Waals surface area contributed by atoms with Crippen LogP contribution in [0, 0.1) is 0 Å². The van der Waals surface area contributed by atoms with Gasteiger partial charge < -0.3 is 14.5 Å². The van der Waals surface area contributed by atoms with Crippen molar-refractivity contribution in [1.29, 1.82) is 0 Å². The lowest BCUT2D eigenvalue weighted by atomic mass is 10.1. The lowest BCUT2D eigenvalue weighted by Crippen LogP contribution is -2.43. The number of ether oxygens (including phenoxy) is 1. The Labute approximate surface area is 174 Å². The van der Waals surface area contributed by atoms with E-state index in [1.54, 1.807) is 17.5 Å². The zero-order chi connectivity index (χ0) is 19.8. The Kier molecular flexibility index (Phi) is 4.81. The molecule has 0 aliphatic carbocycles. The van der Waals surface area contributed by atoms with E-state index in [-0.39, 0.29) is 18.1 Å². The number of para-hydroxylation sites is 1. The van der Waals surface area contributed by atoms with Crippen LogP contribution < -0.4 is 9.80 Å². The molecule has 2 unspecified atom stereocenters. The fourth-order valence-corrected chi connectivity index (χ4v) is 4.89. The number of carbonyl (C=O) groups excluding carboxylic acids is 1. The summed E-state index contributed by atoms with van der Waals surface area (Å²) >= 11 is 1.69. The molecular weight excluding hydrogens is 382 g/mol. The number of morpholine rings is 1. The summed E-state index contributed by atoms with van der Waals surface area (Å²) in [6.07, 6.45) is 2.79. The summed E-state index contributed by atoms with van der Waals surface area (Å²) in [6, 6.07) is 14.1. The molecule has 29 heavy (non-hydrogen) atoms. The molecule has 0 N–H and O–H groups in total. The molecule has 0 saturated carbocycles. The molecule has 1 aromatic carbocycles. The first-order chi connectivity index (χ1) is 14.2. The highest BCUT2D eigenvalue weighted by molar-refractivity contribution is 7.07. The molecule has 3 aromatic rings. The first-order valence-corrected chi connectivity index (χ1v) is 10.9. The van der Waals surface area contributed by atoms with E-state index >= 15 is 0 Å². The van der Waals surface area contributed by atoms with Crippen LogP contribution in [0.25, 0.3) is 0 Å². The zero-order valence-corrected chi connectivity index (χ0v) is 17.1. The summed E-state index contributed by atoms with van der Waals surface area (Å²) in [5.41, 5.74) is 4.08. The third-order valence-corrected chi connectivity index (χ3v) is 6.33. The first-order valence-electron chi connectivity index (χ1n) is 9.97. The van der Waals surface area contributed by atoms with Gasteiger partial charge in [-0.1, -0.05) is 18.2 Å². The molecule has 2 atom stereocenters. The number of amides is 1. The minimum absolute atomic E-state index is 0.0143. The summed E-state index contributed by atoms with van der Waals surface area (Å²) in [6.45, 7) is 4.37. The molecule has 0 spiro atoms. The molecule has 2 aliphatic rings. The van der Waals surface area contributed by atoms with E-state index in [1.165, 1.54) is 11.1 Å². The van der Waals surface area contributed by atoms with E-state index in [2.05, 4.69) is 39.7 Å². The summed E-state index contributed by atoms with van der Waals surface area (Å²) in [5, 5.41) is 4.22. The number of hydrogen-bond acceptors (Lipinski definition) is 5. The fourth-order valence-electron chi connectivity index (χ4n) is 4.19. The average molecular weight is 406 g/mol. The van der Waals surface area contributed by atoms with Crippen LogP contribution in [0.1, 0.15) is 34.5 Å². The Morgan fingerprint density at radius 2 is 2.07 bits per heavy atom. The van der Waals surface area contributed by atoms with Gasteiger partial charge in [0.2, 0.25) is 0 Å². The number of fused-ring (bicyclic) bond motifs is 1. The molecule has 1 saturated heterocycles. The van der Waals surface area contributed by atoms with Crippen molar-refractivity contribution in [3.05, 3.63) is 76.1 Å². The molecule has 4 heterocycles. The van der Waals surface area contributed by atoms with Gasteiger partial charge in [0.05, 0.1) is 11.7 Å². The predicted octanol–water partition coefficient (Wildman–Crippen LogP) is 4.31. The molecule has 2 aliphatic heterocycles.